The zero-order valence-electron chi connectivity index (χ0n) is 14.9. The van der Waals surface area contributed by atoms with Crippen LogP contribution in [-0.4, -0.2) is 82.3 Å². The minimum absolute atomic E-state index is 0.0934. The van der Waals surface area contributed by atoms with Crippen molar-refractivity contribution >= 4 is 17.5 Å². The van der Waals surface area contributed by atoms with Gasteiger partial charge in [-0.15, -0.1) is 0 Å². The molecule has 1 aromatic rings. The minimum atomic E-state index is -0.326. The average molecular weight is 366 g/mol. The summed E-state index contributed by atoms with van der Waals surface area (Å²) in [6.45, 7) is 7.01. The molecule has 0 unspecified atom stereocenters. The Labute approximate surface area is 152 Å². The van der Waals surface area contributed by atoms with Gasteiger partial charge in [-0.1, -0.05) is 0 Å². The molecule has 0 aromatic heterocycles. The van der Waals surface area contributed by atoms with Crippen LogP contribution in [0.3, 0.4) is 0 Å². The Bertz CT molecular complexity index is 611. The zero-order valence-corrected chi connectivity index (χ0v) is 14.9. The number of carbonyl (C=O) groups excluding carboxylic acids is 2. The highest BCUT2D eigenvalue weighted by Gasteiger charge is 2.28. The molecule has 1 aromatic carbocycles. The lowest BCUT2D eigenvalue weighted by molar-refractivity contribution is -0.902. The molecule has 7 nitrogen and oxygen atoms in total. The molecule has 0 aliphatic carbocycles. The predicted molar refractivity (Wildman–Crippen MR) is 93.6 cm³/mol. The summed E-state index contributed by atoms with van der Waals surface area (Å²) in [5.74, 6) is -0.228. The van der Waals surface area contributed by atoms with Gasteiger partial charge in [0.05, 0.1) is 39.4 Å². The Morgan fingerprint density at radius 2 is 1.62 bits per heavy atom. The van der Waals surface area contributed by atoms with Crippen LogP contribution in [0.15, 0.2) is 24.3 Å². The summed E-state index contributed by atoms with van der Waals surface area (Å²) in [7, 11) is 0. The number of hydrogen-bond donors (Lipinski definition) is 3. The van der Waals surface area contributed by atoms with E-state index in [4.69, 9.17) is 4.74 Å². The second kappa shape index (κ2) is 9.07. The molecular formula is C18H27FN4O3+2. The summed E-state index contributed by atoms with van der Waals surface area (Å²) < 4.78 is 18.2. The molecule has 0 spiro atoms. The third-order valence-corrected chi connectivity index (χ3v) is 4.96. The smallest absolute Gasteiger partial charge is 0.279 e. The number of hydrogen-bond acceptors (Lipinski definition) is 3. The van der Waals surface area contributed by atoms with Crippen molar-refractivity contribution in [3.8, 4) is 0 Å². The van der Waals surface area contributed by atoms with Crippen molar-refractivity contribution in [2.45, 2.75) is 0 Å². The molecule has 2 saturated heterocycles. The molecular weight excluding hydrogens is 339 g/mol. The molecule has 2 aliphatic rings. The Kier molecular flexibility index (Phi) is 6.54. The second-order valence-electron chi connectivity index (χ2n) is 6.90. The summed E-state index contributed by atoms with van der Waals surface area (Å²) in [5, 5.41) is 2.78. The Balaban J connectivity index is 1.38. The van der Waals surface area contributed by atoms with E-state index in [-0.39, 0.29) is 17.6 Å². The average Bonchev–Trinajstić information content (AvgIpc) is 2.65. The van der Waals surface area contributed by atoms with Crippen LogP contribution in [0.4, 0.5) is 10.1 Å². The number of halogens is 1. The number of quaternary nitrogens is 2. The standard InChI is InChI=1S/C18H25FN4O3/c19-15-1-3-16(4-2-15)20-17(24)13-21-5-7-23(8-6-21)18(25)14-22-9-11-26-12-10-22/h1-4H,5-14H2,(H,20,24)/p+2. The minimum Gasteiger partial charge on any atom is -0.370 e. The van der Waals surface area contributed by atoms with Crippen LogP contribution in [0.1, 0.15) is 0 Å². The van der Waals surface area contributed by atoms with Gasteiger partial charge in [-0.25, -0.2) is 4.39 Å². The normalized spacial score (nSPS) is 19.3. The third kappa shape index (κ3) is 5.48. The quantitative estimate of drug-likeness (QED) is 0.536. The van der Waals surface area contributed by atoms with Crippen LogP contribution in [0.5, 0.6) is 0 Å². The first kappa shape index (κ1) is 18.8. The maximum Gasteiger partial charge on any atom is 0.279 e. The number of morpholine rings is 1. The van der Waals surface area contributed by atoms with Gasteiger partial charge < -0.3 is 24.8 Å². The van der Waals surface area contributed by atoms with Gasteiger partial charge >= 0.3 is 0 Å². The number of rotatable bonds is 5. The lowest BCUT2D eigenvalue weighted by Gasteiger charge is -2.33. The Morgan fingerprint density at radius 1 is 1.00 bits per heavy atom. The molecule has 0 radical (unpaired) electrons. The second-order valence-corrected chi connectivity index (χ2v) is 6.90. The van der Waals surface area contributed by atoms with Crippen molar-refractivity contribution < 1.29 is 28.5 Å². The largest absolute Gasteiger partial charge is 0.370 e. The fourth-order valence-corrected chi connectivity index (χ4v) is 3.38. The Morgan fingerprint density at radius 3 is 2.27 bits per heavy atom. The van der Waals surface area contributed by atoms with Gasteiger partial charge in [-0.2, -0.15) is 0 Å². The molecule has 8 heteroatoms. The van der Waals surface area contributed by atoms with Gasteiger partial charge in [0.15, 0.2) is 13.1 Å². The third-order valence-electron chi connectivity index (χ3n) is 4.96. The summed E-state index contributed by atoms with van der Waals surface area (Å²) in [6, 6.07) is 5.74. The van der Waals surface area contributed by atoms with Crippen molar-refractivity contribution in [3.05, 3.63) is 30.1 Å². The number of nitrogens with zero attached hydrogens (tertiary/aromatic N) is 1. The number of carbonyl (C=O) groups is 2. The van der Waals surface area contributed by atoms with E-state index in [2.05, 4.69) is 5.32 Å². The lowest BCUT2D eigenvalue weighted by Crippen LogP contribution is -3.16. The van der Waals surface area contributed by atoms with E-state index in [1.165, 1.54) is 17.0 Å². The van der Waals surface area contributed by atoms with Gasteiger partial charge in [0, 0.05) is 5.69 Å². The number of amides is 2. The number of nitrogens with one attached hydrogen (secondary N) is 3. The van der Waals surface area contributed by atoms with E-state index in [9.17, 15) is 14.0 Å². The summed E-state index contributed by atoms with van der Waals surface area (Å²) >= 11 is 0. The monoisotopic (exact) mass is 366 g/mol. The fraction of sp³-hybridized carbons (Fsp3) is 0.556. The number of ether oxygens (including phenoxy) is 1. The number of anilines is 1. The zero-order chi connectivity index (χ0) is 18.4. The SMILES string of the molecule is O=C(C[NH+]1CCN(C(=O)C[NH+]2CCOCC2)CC1)Nc1ccc(F)cc1. The maximum absolute atomic E-state index is 12.9. The molecule has 26 heavy (non-hydrogen) atoms. The van der Waals surface area contributed by atoms with E-state index < -0.39 is 0 Å². The van der Waals surface area contributed by atoms with Gasteiger partial charge in [0.2, 0.25) is 0 Å². The van der Waals surface area contributed by atoms with Crippen molar-refractivity contribution in [2.24, 2.45) is 0 Å². The van der Waals surface area contributed by atoms with Gasteiger partial charge in [-0.3, -0.25) is 9.59 Å². The molecule has 2 heterocycles. The molecule has 0 atom stereocenters. The molecule has 2 fully saturated rings. The first-order valence-electron chi connectivity index (χ1n) is 9.18. The Hall–Kier alpha value is -2.03. The molecule has 2 amide bonds. The topological polar surface area (TPSA) is 67.5 Å². The van der Waals surface area contributed by atoms with E-state index in [1.807, 2.05) is 4.90 Å². The van der Waals surface area contributed by atoms with Crippen molar-refractivity contribution in [2.75, 3.05) is 70.9 Å². The van der Waals surface area contributed by atoms with Crippen molar-refractivity contribution in [1.29, 1.82) is 0 Å². The molecule has 0 bridgehead atoms. The van der Waals surface area contributed by atoms with E-state index >= 15 is 0 Å². The van der Waals surface area contributed by atoms with Crippen LogP contribution >= 0.6 is 0 Å². The first-order valence-corrected chi connectivity index (χ1v) is 9.18. The summed E-state index contributed by atoms with van der Waals surface area (Å²) in [5.41, 5.74) is 0.595. The highest BCUT2D eigenvalue weighted by atomic mass is 19.1. The fourth-order valence-electron chi connectivity index (χ4n) is 3.38. The van der Waals surface area contributed by atoms with Crippen LogP contribution in [0.25, 0.3) is 0 Å². The highest BCUT2D eigenvalue weighted by molar-refractivity contribution is 5.91. The number of piperazine rings is 1. The predicted octanol–water partition coefficient (Wildman–Crippen LogP) is -2.59. The van der Waals surface area contributed by atoms with E-state index in [1.54, 1.807) is 12.1 Å². The van der Waals surface area contributed by atoms with Crippen LogP contribution in [-0.2, 0) is 14.3 Å². The molecule has 142 valence electrons. The van der Waals surface area contributed by atoms with E-state index in [0.717, 1.165) is 44.3 Å². The van der Waals surface area contributed by atoms with Gasteiger partial charge in [0.1, 0.15) is 18.9 Å². The molecule has 2 aliphatic heterocycles. The van der Waals surface area contributed by atoms with Crippen LogP contribution in [0, 0.1) is 5.82 Å². The maximum atomic E-state index is 12.9. The molecule has 3 rings (SSSR count). The number of benzene rings is 1. The molecule has 0 saturated carbocycles. The highest BCUT2D eigenvalue weighted by Crippen LogP contribution is 2.07. The van der Waals surface area contributed by atoms with Crippen molar-refractivity contribution in [3.63, 3.8) is 0 Å². The lowest BCUT2D eigenvalue weighted by atomic mass is 10.2. The first-order chi connectivity index (χ1) is 12.6. The van der Waals surface area contributed by atoms with Crippen molar-refractivity contribution in [1.82, 2.24) is 4.90 Å². The summed E-state index contributed by atoms with van der Waals surface area (Å²) in [6.07, 6.45) is 0. The van der Waals surface area contributed by atoms with Gasteiger partial charge in [0.25, 0.3) is 11.8 Å². The van der Waals surface area contributed by atoms with Crippen LogP contribution < -0.4 is 15.1 Å². The summed E-state index contributed by atoms with van der Waals surface area (Å²) in [4.78, 5) is 28.9. The van der Waals surface area contributed by atoms with Gasteiger partial charge in [-0.05, 0) is 24.3 Å². The van der Waals surface area contributed by atoms with Crippen LogP contribution in [0.2, 0.25) is 0 Å². The molecule has 3 N–H and O–H groups in total. The van der Waals surface area contributed by atoms with E-state index in [0.29, 0.717) is 31.9 Å².